The number of halogens is 2. The lowest BCUT2D eigenvalue weighted by Crippen LogP contribution is -2.33. The number of nitrogens with zero attached hydrogens (tertiary/aromatic N) is 1. The second-order valence-corrected chi connectivity index (χ2v) is 6.34. The normalized spacial score (nSPS) is 19.0. The van der Waals surface area contributed by atoms with Gasteiger partial charge in [-0.25, -0.2) is 8.78 Å². The molecule has 2 aliphatic carbocycles. The van der Waals surface area contributed by atoms with Gasteiger partial charge in [-0.3, -0.25) is 4.79 Å². The predicted molar refractivity (Wildman–Crippen MR) is 76.5 cm³/mol. The maximum Gasteiger partial charge on any atom is 0.223 e. The van der Waals surface area contributed by atoms with Crippen molar-refractivity contribution in [3.05, 3.63) is 35.4 Å². The molecule has 0 saturated heterocycles. The van der Waals surface area contributed by atoms with Gasteiger partial charge in [-0.05, 0) is 37.7 Å². The first-order chi connectivity index (χ1) is 10.1. The summed E-state index contributed by atoms with van der Waals surface area (Å²) in [5.41, 5.74) is 0.406. The fourth-order valence-corrected chi connectivity index (χ4v) is 3.22. The lowest BCUT2D eigenvalue weighted by Gasteiger charge is -2.24. The first-order valence-corrected chi connectivity index (χ1v) is 7.87. The number of hydrogen-bond donors (Lipinski definition) is 0. The Morgan fingerprint density at radius 3 is 2.48 bits per heavy atom. The highest BCUT2D eigenvalue weighted by Gasteiger charge is 2.34. The molecule has 3 rings (SSSR count). The van der Waals surface area contributed by atoms with Crippen LogP contribution >= 0.6 is 0 Å². The molecule has 114 valence electrons. The molecule has 1 amide bonds. The highest BCUT2D eigenvalue weighted by atomic mass is 19.1. The third-order valence-corrected chi connectivity index (χ3v) is 4.60. The molecule has 2 fully saturated rings. The number of rotatable bonds is 5. The fraction of sp³-hybridized carbons (Fsp3) is 0.588. The summed E-state index contributed by atoms with van der Waals surface area (Å²) in [5, 5.41) is 0. The Labute approximate surface area is 124 Å². The largest absolute Gasteiger partial charge is 0.335 e. The van der Waals surface area contributed by atoms with E-state index < -0.39 is 11.6 Å². The molecule has 0 aliphatic heterocycles. The van der Waals surface area contributed by atoms with E-state index in [2.05, 4.69) is 0 Å². The lowest BCUT2D eigenvalue weighted by molar-refractivity contribution is -0.133. The van der Waals surface area contributed by atoms with Crippen LogP contribution in [-0.2, 0) is 11.3 Å². The van der Waals surface area contributed by atoms with Gasteiger partial charge in [0.1, 0.15) is 11.6 Å². The quantitative estimate of drug-likeness (QED) is 0.802. The fourth-order valence-electron chi connectivity index (χ4n) is 3.22. The van der Waals surface area contributed by atoms with Gasteiger partial charge in [0.2, 0.25) is 5.91 Å². The molecule has 0 bridgehead atoms. The van der Waals surface area contributed by atoms with Gasteiger partial charge < -0.3 is 4.90 Å². The second kappa shape index (κ2) is 6.12. The van der Waals surface area contributed by atoms with E-state index in [0.717, 1.165) is 31.7 Å². The molecule has 21 heavy (non-hydrogen) atoms. The van der Waals surface area contributed by atoms with Crippen molar-refractivity contribution in [2.24, 2.45) is 5.92 Å². The van der Waals surface area contributed by atoms with Crippen LogP contribution < -0.4 is 0 Å². The van der Waals surface area contributed by atoms with Gasteiger partial charge in [-0.1, -0.05) is 18.9 Å². The SMILES string of the molecule is O=C(CC1CCCC1)N(Cc1ccc(F)cc1F)C1CC1. The van der Waals surface area contributed by atoms with Gasteiger partial charge in [0.25, 0.3) is 0 Å². The lowest BCUT2D eigenvalue weighted by atomic mass is 10.0. The summed E-state index contributed by atoms with van der Waals surface area (Å²) < 4.78 is 26.7. The van der Waals surface area contributed by atoms with Crippen molar-refractivity contribution in [1.82, 2.24) is 4.90 Å². The summed E-state index contributed by atoms with van der Waals surface area (Å²) in [6.07, 6.45) is 7.28. The van der Waals surface area contributed by atoms with Crippen LogP contribution in [0.3, 0.4) is 0 Å². The summed E-state index contributed by atoms with van der Waals surface area (Å²) in [6.45, 7) is 0.266. The van der Waals surface area contributed by atoms with Gasteiger partial charge in [0.05, 0.1) is 0 Å². The second-order valence-electron chi connectivity index (χ2n) is 6.34. The molecule has 2 aliphatic rings. The topological polar surface area (TPSA) is 20.3 Å². The standard InChI is InChI=1S/C17H21F2NO/c18-14-6-5-13(16(19)10-14)11-20(15-7-8-15)17(21)9-12-3-1-2-4-12/h5-6,10,12,15H,1-4,7-9,11H2. The van der Waals surface area contributed by atoms with Crippen molar-refractivity contribution in [2.75, 3.05) is 0 Å². The highest BCUT2D eigenvalue weighted by molar-refractivity contribution is 5.77. The molecule has 1 aromatic carbocycles. The first kappa shape index (κ1) is 14.5. The van der Waals surface area contributed by atoms with Crippen LogP contribution in [0, 0.1) is 17.6 Å². The third-order valence-electron chi connectivity index (χ3n) is 4.60. The van der Waals surface area contributed by atoms with Crippen LogP contribution in [0.1, 0.15) is 50.5 Å². The molecule has 0 spiro atoms. The van der Waals surface area contributed by atoms with Crippen molar-refractivity contribution in [3.63, 3.8) is 0 Å². The average Bonchev–Trinajstić information content (AvgIpc) is 3.15. The van der Waals surface area contributed by atoms with E-state index >= 15 is 0 Å². The van der Waals surface area contributed by atoms with Crippen molar-refractivity contribution in [1.29, 1.82) is 0 Å². The van der Waals surface area contributed by atoms with E-state index in [0.29, 0.717) is 17.9 Å². The Kier molecular flexibility index (Phi) is 4.22. The molecule has 2 nitrogen and oxygen atoms in total. The minimum Gasteiger partial charge on any atom is -0.335 e. The van der Waals surface area contributed by atoms with Gasteiger partial charge in [0, 0.05) is 30.6 Å². The number of hydrogen-bond acceptors (Lipinski definition) is 1. The molecule has 1 aromatic rings. The monoisotopic (exact) mass is 293 g/mol. The van der Waals surface area contributed by atoms with Gasteiger partial charge >= 0.3 is 0 Å². The Morgan fingerprint density at radius 1 is 1.14 bits per heavy atom. The first-order valence-electron chi connectivity index (χ1n) is 7.87. The molecule has 0 heterocycles. The van der Waals surface area contributed by atoms with E-state index in [9.17, 15) is 13.6 Å². The molecule has 4 heteroatoms. The van der Waals surface area contributed by atoms with Gasteiger partial charge in [-0.2, -0.15) is 0 Å². The third kappa shape index (κ3) is 3.60. The molecule has 0 N–H and O–H groups in total. The maximum absolute atomic E-state index is 13.8. The van der Waals surface area contributed by atoms with E-state index in [1.807, 2.05) is 0 Å². The van der Waals surface area contributed by atoms with Crippen LogP contribution in [0.5, 0.6) is 0 Å². The van der Waals surface area contributed by atoms with Crippen LogP contribution in [0.25, 0.3) is 0 Å². The number of amides is 1. The molecular formula is C17H21F2NO. The van der Waals surface area contributed by atoms with Crippen molar-refractivity contribution < 1.29 is 13.6 Å². The van der Waals surface area contributed by atoms with Gasteiger partial charge in [-0.15, -0.1) is 0 Å². The smallest absolute Gasteiger partial charge is 0.223 e. The average molecular weight is 293 g/mol. The minimum atomic E-state index is -0.577. The Balaban J connectivity index is 1.67. The zero-order valence-corrected chi connectivity index (χ0v) is 12.2. The zero-order valence-electron chi connectivity index (χ0n) is 12.2. The van der Waals surface area contributed by atoms with E-state index in [1.165, 1.54) is 25.0 Å². The predicted octanol–water partition coefficient (Wildman–Crippen LogP) is 4.04. The van der Waals surface area contributed by atoms with E-state index in [1.54, 1.807) is 4.90 Å². The number of carbonyl (C=O) groups is 1. The van der Waals surface area contributed by atoms with E-state index in [-0.39, 0.29) is 18.5 Å². The Morgan fingerprint density at radius 2 is 1.86 bits per heavy atom. The molecule has 0 aromatic heterocycles. The van der Waals surface area contributed by atoms with Crippen LogP contribution in [0.15, 0.2) is 18.2 Å². The highest BCUT2D eigenvalue weighted by Crippen LogP contribution is 2.33. The molecule has 0 radical (unpaired) electrons. The summed E-state index contributed by atoms with van der Waals surface area (Å²) in [7, 11) is 0. The Hall–Kier alpha value is -1.45. The summed E-state index contributed by atoms with van der Waals surface area (Å²) >= 11 is 0. The minimum absolute atomic E-state index is 0.133. The zero-order chi connectivity index (χ0) is 14.8. The van der Waals surface area contributed by atoms with Crippen LogP contribution in [-0.4, -0.2) is 16.8 Å². The summed E-state index contributed by atoms with van der Waals surface area (Å²) in [5.74, 6) is -0.509. The van der Waals surface area contributed by atoms with Gasteiger partial charge in [0.15, 0.2) is 0 Å². The van der Waals surface area contributed by atoms with Crippen molar-refractivity contribution >= 4 is 5.91 Å². The maximum atomic E-state index is 13.8. The number of benzene rings is 1. The number of carbonyl (C=O) groups excluding carboxylic acids is 1. The van der Waals surface area contributed by atoms with Crippen molar-refractivity contribution in [3.8, 4) is 0 Å². The van der Waals surface area contributed by atoms with Crippen LogP contribution in [0.4, 0.5) is 8.78 Å². The molecule has 0 unspecified atom stereocenters. The molecule has 0 atom stereocenters. The van der Waals surface area contributed by atoms with Crippen LogP contribution in [0.2, 0.25) is 0 Å². The summed E-state index contributed by atoms with van der Waals surface area (Å²) in [4.78, 5) is 14.3. The molecular weight excluding hydrogens is 272 g/mol. The van der Waals surface area contributed by atoms with Crippen molar-refractivity contribution in [2.45, 2.75) is 57.5 Å². The summed E-state index contributed by atoms with van der Waals surface area (Å²) in [6, 6.07) is 3.85. The van der Waals surface area contributed by atoms with E-state index in [4.69, 9.17) is 0 Å². The molecule has 2 saturated carbocycles. The Bertz CT molecular complexity index is 522.